The maximum Gasteiger partial charge on any atom is 0.254 e. The third-order valence-corrected chi connectivity index (χ3v) is 5.21. The number of hydrogen-bond acceptors (Lipinski definition) is 6. The number of anilines is 1. The zero-order chi connectivity index (χ0) is 21.8. The molecule has 4 rings (SSSR count). The normalized spacial score (nSPS) is 16.2. The van der Waals surface area contributed by atoms with E-state index in [1.54, 1.807) is 18.1 Å². The monoisotopic (exact) mass is 422 g/mol. The summed E-state index contributed by atoms with van der Waals surface area (Å²) < 4.78 is 24.4. The second-order valence-corrected chi connectivity index (χ2v) is 7.27. The number of piperazine rings is 1. The maximum atomic E-state index is 13.2. The second kappa shape index (κ2) is 8.99. The number of para-hydroxylation sites is 2. The van der Waals surface area contributed by atoms with Crippen molar-refractivity contribution in [2.75, 3.05) is 31.6 Å². The Kier molecular flexibility index (Phi) is 5.97. The van der Waals surface area contributed by atoms with Crippen LogP contribution in [0, 0.1) is 5.82 Å². The number of benzene rings is 2. The summed E-state index contributed by atoms with van der Waals surface area (Å²) in [6, 6.07) is 14.7. The first-order chi connectivity index (χ1) is 15.0. The van der Waals surface area contributed by atoms with Gasteiger partial charge in [-0.2, -0.15) is 0 Å². The van der Waals surface area contributed by atoms with Crippen molar-refractivity contribution in [3.63, 3.8) is 0 Å². The van der Waals surface area contributed by atoms with E-state index < -0.39 is 0 Å². The number of carbonyl (C=O) groups excluding carboxylic acids is 1. The summed E-state index contributed by atoms with van der Waals surface area (Å²) in [6.07, 6.45) is 1.46. The van der Waals surface area contributed by atoms with Gasteiger partial charge < -0.3 is 19.3 Å². The summed E-state index contributed by atoms with van der Waals surface area (Å²) in [6.45, 7) is 3.74. The summed E-state index contributed by atoms with van der Waals surface area (Å²) in [5.74, 6) is 1.86. The van der Waals surface area contributed by atoms with Crippen molar-refractivity contribution in [2.45, 2.75) is 13.0 Å². The first-order valence-electron chi connectivity index (χ1n) is 9.99. The molecular formula is C23H23FN4O3. The molecule has 1 aromatic heterocycles. The van der Waals surface area contributed by atoms with E-state index in [-0.39, 0.29) is 17.8 Å². The number of carbonyl (C=O) groups is 1. The predicted octanol–water partition coefficient (Wildman–Crippen LogP) is 3.77. The van der Waals surface area contributed by atoms with Gasteiger partial charge in [-0.05, 0) is 43.3 Å². The van der Waals surface area contributed by atoms with Gasteiger partial charge in [0.25, 0.3) is 5.91 Å². The topological polar surface area (TPSA) is 67.8 Å². The van der Waals surface area contributed by atoms with Gasteiger partial charge in [0.15, 0.2) is 11.5 Å². The van der Waals surface area contributed by atoms with Gasteiger partial charge in [0, 0.05) is 37.3 Å². The molecule has 1 aliphatic rings. The first kappa shape index (κ1) is 20.6. The highest BCUT2D eigenvalue weighted by atomic mass is 19.1. The van der Waals surface area contributed by atoms with Crippen LogP contribution in [0.15, 0.2) is 60.9 Å². The molecule has 7 nitrogen and oxygen atoms in total. The Balaban J connectivity index is 1.45. The van der Waals surface area contributed by atoms with Crippen LogP contribution in [0.2, 0.25) is 0 Å². The zero-order valence-electron chi connectivity index (χ0n) is 17.4. The number of nitrogens with zero attached hydrogens (tertiary/aromatic N) is 4. The summed E-state index contributed by atoms with van der Waals surface area (Å²) >= 11 is 0. The minimum absolute atomic E-state index is 0.0418. The van der Waals surface area contributed by atoms with Crippen molar-refractivity contribution in [1.82, 2.24) is 14.9 Å². The Bertz CT molecular complexity index is 1060. The highest BCUT2D eigenvalue weighted by Gasteiger charge is 2.29. The summed E-state index contributed by atoms with van der Waals surface area (Å²) in [4.78, 5) is 25.3. The van der Waals surface area contributed by atoms with E-state index in [1.165, 1.54) is 30.6 Å². The van der Waals surface area contributed by atoms with Gasteiger partial charge in [-0.3, -0.25) is 4.79 Å². The molecule has 0 saturated carbocycles. The van der Waals surface area contributed by atoms with Crippen molar-refractivity contribution in [3.05, 3.63) is 72.3 Å². The first-order valence-corrected chi connectivity index (χ1v) is 9.99. The van der Waals surface area contributed by atoms with Crippen LogP contribution in [0.25, 0.3) is 0 Å². The lowest BCUT2D eigenvalue weighted by molar-refractivity contribution is 0.0673. The lowest BCUT2D eigenvalue weighted by Crippen LogP contribution is -2.54. The van der Waals surface area contributed by atoms with Crippen LogP contribution >= 0.6 is 0 Å². The molecule has 1 atom stereocenters. The molecule has 1 fully saturated rings. The smallest absolute Gasteiger partial charge is 0.254 e. The number of amides is 1. The molecule has 160 valence electrons. The Morgan fingerprint density at radius 1 is 1.06 bits per heavy atom. The summed E-state index contributed by atoms with van der Waals surface area (Å²) in [7, 11) is 1.59. The van der Waals surface area contributed by atoms with Gasteiger partial charge in [-0.1, -0.05) is 12.1 Å². The van der Waals surface area contributed by atoms with Crippen LogP contribution in [0.4, 0.5) is 10.2 Å². The molecule has 8 heteroatoms. The van der Waals surface area contributed by atoms with E-state index in [0.717, 1.165) is 5.82 Å². The maximum absolute atomic E-state index is 13.2. The quantitative estimate of drug-likeness (QED) is 0.624. The molecule has 1 amide bonds. The molecular weight excluding hydrogens is 399 g/mol. The largest absolute Gasteiger partial charge is 0.493 e. The predicted molar refractivity (Wildman–Crippen MR) is 114 cm³/mol. The number of ether oxygens (including phenoxy) is 2. The lowest BCUT2D eigenvalue weighted by Gasteiger charge is -2.40. The third-order valence-electron chi connectivity index (χ3n) is 5.21. The highest BCUT2D eigenvalue weighted by Crippen LogP contribution is 2.31. The average Bonchev–Trinajstić information content (AvgIpc) is 2.79. The van der Waals surface area contributed by atoms with Crippen molar-refractivity contribution < 1.29 is 18.7 Å². The van der Waals surface area contributed by atoms with E-state index in [0.29, 0.717) is 42.6 Å². The highest BCUT2D eigenvalue weighted by molar-refractivity contribution is 5.94. The van der Waals surface area contributed by atoms with Gasteiger partial charge in [0.2, 0.25) is 5.88 Å². The van der Waals surface area contributed by atoms with Crippen LogP contribution in [-0.4, -0.2) is 53.6 Å². The molecule has 0 spiro atoms. The molecule has 1 aliphatic heterocycles. The lowest BCUT2D eigenvalue weighted by atomic mass is 10.1. The molecule has 0 radical (unpaired) electrons. The van der Waals surface area contributed by atoms with Crippen LogP contribution in [0.3, 0.4) is 0 Å². The fourth-order valence-electron chi connectivity index (χ4n) is 3.60. The van der Waals surface area contributed by atoms with Crippen molar-refractivity contribution in [3.8, 4) is 17.4 Å². The van der Waals surface area contributed by atoms with Crippen LogP contribution in [0.1, 0.15) is 17.3 Å². The fraction of sp³-hybridized carbons (Fsp3) is 0.261. The zero-order valence-corrected chi connectivity index (χ0v) is 17.4. The van der Waals surface area contributed by atoms with Gasteiger partial charge in [-0.25, -0.2) is 14.4 Å². The molecule has 3 aromatic rings. The van der Waals surface area contributed by atoms with Crippen LogP contribution in [0.5, 0.6) is 17.4 Å². The molecule has 2 heterocycles. The van der Waals surface area contributed by atoms with Crippen molar-refractivity contribution >= 4 is 11.7 Å². The molecule has 2 aromatic carbocycles. The van der Waals surface area contributed by atoms with E-state index in [9.17, 15) is 9.18 Å². The van der Waals surface area contributed by atoms with E-state index in [2.05, 4.69) is 14.9 Å². The second-order valence-electron chi connectivity index (χ2n) is 7.27. The Hall–Kier alpha value is -3.68. The minimum atomic E-state index is -0.357. The fourth-order valence-corrected chi connectivity index (χ4v) is 3.60. The van der Waals surface area contributed by atoms with E-state index in [1.807, 2.05) is 31.2 Å². The van der Waals surface area contributed by atoms with Gasteiger partial charge in [-0.15, -0.1) is 0 Å². The Morgan fingerprint density at radius 2 is 1.81 bits per heavy atom. The molecule has 0 aliphatic carbocycles. The van der Waals surface area contributed by atoms with Gasteiger partial charge in [0.1, 0.15) is 18.0 Å². The van der Waals surface area contributed by atoms with Crippen LogP contribution in [-0.2, 0) is 0 Å². The number of halogens is 1. The minimum Gasteiger partial charge on any atom is -0.493 e. The molecule has 0 unspecified atom stereocenters. The number of hydrogen-bond donors (Lipinski definition) is 0. The Labute approximate surface area is 180 Å². The van der Waals surface area contributed by atoms with Crippen molar-refractivity contribution in [2.24, 2.45) is 0 Å². The van der Waals surface area contributed by atoms with Gasteiger partial charge >= 0.3 is 0 Å². The number of methoxy groups -OCH3 is 1. The van der Waals surface area contributed by atoms with Crippen molar-refractivity contribution in [1.29, 1.82) is 0 Å². The molecule has 0 bridgehead atoms. The van der Waals surface area contributed by atoms with Gasteiger partial charge in [0.05, 0.1) is 7.11 Å². The molecule has 31 heavy (non-hydrogen) atoms. The SMILES string of the molecule is COc1ccccc1Oc1cc(N2CCN(C(=O)c3ccc(F)cc3)[C@H](C)C2)ncn1. The standard InChI is InChI=1S/C23H23FN4O3/c1-16-14-27(11-12-28(16)23(29)17-7-9-18(24)10-8-17)21-13-22(26-15-25-21)31-20-6-4-3-5-19(20)30-2/h3-10,13,15-16H,11-12,14H2,1-2H3/t16-/m1/s1. The summed E-state index contributed by atoms with van der Waals surface area (Å²) in [5, 5.41) is 0. The number of aromatic nitrogens is 2. The van der Waals surface area contributed by atoms with E-state index in [4.69, 9.17) is 9.47 Å². The van der Waals surface area contributed by atoms with E-state index >= 15 is 0 Å². The average molecular weight is 422 g/mol. The Morgan fingerprint density at radius 3 is 2.52 bits per heavy atom. The molecule has 0 N–H and O–H groups in total. The molecule has 1 saturated heterocycles. The third kappa shape index (κ3) is 4.58. The number of rotatable bonds is 5. The van der Waals surface area contributed by atoms with Crippen LogP contribution < -0.4 is 14.4 Å². The summed E-state index contributed by atoms with van der Waals surface area (Å²) in [5.41, 5.74) is 0.483.